The van der Waals surface area contributed by atoms with Crippen LogP contribution >= 0.6 is 0 Å². The number of nitrogens with zero attached hydrogens (tertiary/aromatic N) is 1. The summed E-state index contributed by atoms with van der Waals surface area (Å²) in [5, 5.41) is 2.56. The van der Waals surface area contributed by atoms with Crippen LogP contribution in [0.1, 0.15) is 73.1 Å². The lowest BCUT2D eigenvalue weighted by Gasteiger charge is -2.14. The van der Waals surface area contributed by atoms with Gasteiger partial charge >= 0.3 is 0 Å². The van der Waals surface area contributed by atoms with Crippen LogP contribution in [0.5, 0.6) is 0 Å². The third-order valence-electron chi connectivity index (χ3n) is 3.29. The molecule has 1 heterocycles. The molecule has 0 spiro atoms. The lowest BCUT2D eigenvalue weighted by molar-refractivity contribution is -0.142. The number of nitrogens with one attached hydrogen (secondary N) is 1. The lowest BCUT2D eigenvalue weighted by Crippen LogP contribution is -2.33. The zero-order valence-corrected chi connectivity index (χ0v) is 16.3. The van der Waals surface area contributed by atoms with Gasteiger partial charge in [0.2, 0.25) is 11.8 Å². The summed E-state index contributed by atoms with van der Waals surface area (Å²) in [6.45, 7) is 10.9. The smallest absolute Gasteiger partial charge is 0.258 e. The quantitative estimate of drug-likeness (QED) is 0.515. The van der Waals surface area contributed by atoms with E-state index in [1.165, 1.54) is 4.90 Å². The molecule has 0 aromatic heterocycles. The molecule has 0 saturated carbocycles. The third-order valence-corrected chi connectivity index (χ3v) is 3.29. The number of ether oxygens (including phenoxy) is 1. The Bertz CT molecular complexity index is 359. The van der Waals surface area contributed by atoms with Crippen molar-refractivity contribution in [2.24, 2.45) is 0 Å². The van der Waals surface area contributed by atoms with Gasteiger partial charge in [-0.25, -0.2) is 0 Å². The Morgan fingerprint density at radius 3 is 2.33 bits per heavy atom. The van der Waals surface area contributed by atoms with Gasteiger partial charge in [-0.3, -0.25) is 19.3 Å². The number of unbranched alkanes of at least 4 members (excludes halogenated alkanes) is 2. The van der Waals surface area contributed by atoms with Gasteiger partial charge in [-0.15, -0.1) is 0 Å². The molecule has 6 heteroatoms. The minimum Gasteiger partial charge on any atom is -0.368 e. The van der Waals surface area contributed by atoms with Crippen molar-refractivity contribution in [1.82, 2.24) is 10.2 Å². The molecule has 1 fully saturated rings. The Kier molecular flexibility index (Phi) is 17.0. The van der Waals surface area contributed by atoms with Crippen LogP contribution < -0.4 is 5.32 Å². The van der Waals surface area contributed by atoms with Crippen LogP contribution in [0.3, 0.4) is 0 Å². The number of imide groups is 1. The van der Waals surface area contributed by atoms with E-state index >= 15 is 0 Å². The highest BCUT2D eigenvalue weighted by molar-refractivity contribution is 6.04. The fourth-order valence-electron chi connectivity index (χ4n) is 2.14. The first-order valence-corrected chi connectivity index (χ1v) is 9.26. The summed E-state index contributed by atoms with van der Waals surface area (Å²) in [6.07, 6.45) is 3.22. The fraction of sp³-hybridized carbons (Fsp3) is 0.833. The normalized spacial score (nSPS) is 16.1. The highest BCUT2D eigenvalue weighted by Crippen LogP contribution is 2.17. The number of carbonyl (C=O) groups excluding carboxylic acids is 3. The van der Waals surface area contributed by atoms with Crippen LogP contribution in [0.4, 0.5) is 0 Å². The van der Waals surface area contributed by atoms with E-state index in [0.29, 0.717) is 19.6 Å². The first-order valence-electron chi connectivity index (χ1n) is 9.26. The Balaban J connectivity index is 0. The van der Waals surface area contributed by atoms with E-state index in [1.54, 1.807) is 7.05 Å². The van der Waals surface area contributed by atoms with Crippen molar-refractivity contribution in [1.29, 1.82) is 0 Å². The average Bonchev–Trinajstić information content (AvgIpc) is 2.90. The summed E-state index contributed by atoms with van der Waals surface area (Å²) in [5.41, 5.74) is 0. The Morgan fingerprint density at radius 1 is 1.17 bits per heavy atom. The maximum Gasteiger partial charge on any atom is 0.258 e. The van der Waals surface area contributed by atoms with Crippen LogP contribution in [0, 0.1) is 0 Å². The number of likely N-dealkylation sites (tertiary alicyclic amines) is 1. The van der Waals surface area contributed by atoms with Crippen LogP contribution in [0.15, 0.2) is 0 Å². The van der Waals surface area contributed by atoms with E-state index < -0.39 is 6.10 Å². The summed E-state index contributed by atoms with van der Waals surface area (Å²) < 4.78 is 5.37. The Hall–Kier alpha value is -1.43. The molecule has 1 aliphatic rings. The van der Waals surface area contributed by atoms with E-state index in [2.05, 4.69) is 5.32 Å². The molecule has 6 nitrogen and oxygen atoms in total. The molecule has 1 saturated heterocycles. The summed E-state index contributed by atoms with van der Waals surface area (Å²) >= 11 is 0. The second-order valence-electron chi connectivity index (χ2n) is 4.93. The van der Waals surface area contributed by atoms with E-state index in [1.807, 2.05) is 34.6 Å². The molecule has 0 aromatic rings. The van der Waals surface area contributed by atoms with Gasteiger partial charge < -0.3 is 10.1 Å². The van der Waals surface area contributed by atoms with Crippen LogP contribution in [-0.2, 0) is 19.1 Å². The van der Waals surface area contributed by atoms with Gasteiger partial charge in [0.15, 0.2) is 0 Å². The number of carbonyl (C=O) groups is 3. The minimum absolute atomic E-state index is 0.0198. The first-order chi connectivity index (χ1) is 11.6. The molecule has 0 aromatic carbocycles. The molecular weight excluding hydrogens is 308 g/mol. The summed E-state index contributed by atoms with van der Waals surface area (Å²) in [7, 11) is 1.61. The molecule has 24 heavy (non-hydrogen) atoms. The van der Waals surface area contributed by atoms with Crippen molar-refractivity contribution in [2.75, 3.05) is 20.2 Å². The summed E-state index contributed by atoms with van der Waals surface area (Å²) in [5.74, 6) is -0.344. The maximum atomic E-state index is 12.0. The van der Waals surface area contributed by atoms with Crippen molar-refractivity contribution in [2.45, 2.75) is 79.2 Å². The van der Waals surface area contributed by atoms with Gasteiger partial charge in [-0.2, -0.15) is 0 Å². The SMILES string of the molecule is CC.CC.CCCOC1CC(=O)N(CCCCCC(=O)NC)C1=O. The van der Waals surface area contributed by atoms with Crippen molar-refractivity contribution >= 4 is 17.7 Å². The monoisotopic (exact) mass is 344 g/mol. The summed E-state index contributed by atoms with van der Waals surface area (Å²) in [6, 6.07) is 0. The fourth-order valence-corrected chi connectivity index (χ4v) is 2.14. The zero-order chi connectivity index (χ0) is 19.0. The standard InChI is InChI=1S/C14H24N2O4.2C2H6/c1-3-9-20-11-10-13(18)16(14(11)19)8-6-4-5-7-12(17)15-2;2*1-2/h11H,3-10H2,1-2H3,(H,15,17);2*1-2H3. The predicted octanol–water partition coefficient (Wildman–Crippen LogP) is 2.90. The van der Waals surface area contributed by atoms with E-state index in [0.717, 1.165) is 25.7 Å². The number of hydrogen-bond acceptors (Lipinski definition) is 4. The molecule has 1 rings (SSSR count). The number of rotatable bonds is 9. The number of amides is 3. The van der Waals surface area contributed by atoms with Gasteiger partial charge in [0.05, 0.1) is 6.42 Å². The minimum atomic E-state index is -0.590. The van der Waals surface area contributed by atoms with Gasteiger partial charge in [-0.1, -0.05) is 41.0 Å². The molecular formula is C18H36N2O4. The highest BCUT2D eigenvalue weighted by Gasteiger charge is 2.38. The first kappa shape index (κ1) is 24.8. The van der Waals surface area contributed by atoms with Crippen molar-refractivity contribution in [3.05, 3.63) is 0 Å². The molecule has 0 aliphatic carbocycles. The Labute approximate surface area is 147 Å². The topological polar surface area (TPSA) is 75.7 Å². The van der Waals surface area contributed by atoms with E-state index in [-0.39, 0.29) is 24.1 Å². The van der Waals surface area contributed by atoms with Crippen LogP contribution in [0.2, 0.25) is 0 Å². The second-order valence-corrected chi connectivity index (χ2v) is 4.93. The molecule has 3 amide bonds. The third kappa shape index (κ3) is 9.65. The molecule has 142 valence electrons. The molecule has 1 atom stereocenters. The summed E-state index contributed by atoms with van der Waals surface area (Å²) in [4.78, 5) is 36.0. The molecule has 0 bridgehead atoms. The Morgan fingerprint density at radius 2 is 1.79 bits per heavy atom. The van der Waals surface area contributed by atoms with Gasteiger partial charge in [0, 0.05) is 26.6 Å². The molecule has 1 aliphatic heterocycles. The van der Waals surface area contributed by atoms with Gasteiger partial charge in [0.25, 0.3) is 5.91 Å². The van der Waals surface area contributed by atoms with Crippen LogP contribution in [-0.4, -0.2) is 48.9 Å². The highest BCUT2D eigenvalue weighted by atomic mass is 16.5. The number of hydrogen-bond donors (Lipinski definition) is 1. The molecule has 1 N–H and O–H groups in total. The zero-order valence-electron chi connectivity index (χ0n) is 16.3. The molecule has 0 radical (unpaired) electrons. The van der Waals surface area contributed by atoms with Crippen molar-refractivity contribution < 1.29 is 19.1 Å². The van der Waals surface area contributed by atoms with Crippen LogP contribution in [0.25, 0.3) is 0 Å². The second kappa shape index (κ2) is 16.4. The van der Waals surface area contributed by atoms with Gasteiger partial charge in [0.1, 0.15) is 6.10 Å². The van der Waals surface area contributed by atoms with Crippen molar-refractivity contribution in [3.8, 4) is 0 Å². The largest absolute Gasteiger partial charge is 0.368 e. The van der Waals surface area contributed by atoms with E-state index in [9.17, 15) is 14.4 Å². The lowest BCUT2D eigenvalue weighted by atomic mass is 10.2. The van der Waals surface area contributed by atoms with E-state index in [4.69, 9.17) is 4.74 Å². The molecule has 1 unspecified atom stereocenters. The van der Waals surface area contributed by atoms with Gasteiger partial charge in [-0.05, 0) is 19.3 Å². The average molecular weight is 344 g/mol. The van der Waals surface area contributed by atoms with Crippen molar-refractivity contribution in [3.63, 3.8) is 0 Å². The maximum absolute atomic E-state index is 12.0. The predicted molar refractivity (Wildman–Crippen MR) is 96.6 cm³/mol.